The van der Waals surface area contributed by atoms with Gasteiger partial charge in [-0.05, 0) is 123 Å². The third-order valence-corrected chi connectivity index (χ3v) is 13.4. The lowest BCUT2D eigenvalue weighted by atomic mass is 10.2. The molecule has 0 atom stereocenters. The summed E-state index contributed by atoms with van der Waals surface area (Å²) < 4.78 is 49.5. The van der Waals surface area contributed by atoms with Crippen molar-refractivity contribution in [2.24, 2.45) is 15.1 Å². The van der Waals surface area contributed by atoms with Gasteiger partial charge in [-0.1, -0.05) is 18.2 Å². The maximum absolute atomic E-state index is 13.7. The number of nitrogens with zero attached hydrogens (tertiary/aromatic N) is 7. The number of hydrogen-bond donors (Lipinski definition) is 1. The fourth-order valence-electron chi connectivity index (χ4n) is 6.86. The second-order valence-corrected chi connectivity index (χ2v) is 18.5. The van der Waals surface area contributed by atoms with Gasteiger partial charge in [0.25, 0.3) is 11.8 Å². The molecule has 336 valence electrons. The van der Waals surface area contributed by atoms with Crippen LogP contribution in [0.4, 0.5) is 18.4 Å². The predicted octanol–water partition coefficient (Wildman–Crippen LogP) is 8.64. The number of halogens is 3. The first kappa shape index (κ1) is 46.7. The van der Waals surface area contributed by atoms with E-state index >= 15 is 0 Å². The zero-order valence-electron chi connectivity index (χ0n) is 34.6. The van der Waals surface area contributed by atoms with E-state index in [1.54, 1.807) is 33.2 Å². The number of benzene rings is 3. The Balaban J connectivity index is 0.000000163. The number of likely N-dealkylation sites (tertiary alicyclic amines) is 2. The minimum atomic E-state index is -0.941. The molecule has 3 saturated heterocycles. The molecule has 64 heavy (non-hydrogen) atoms. The zero-order chi connectivity index (χ0) is 44.8. The Morgan fingerprint density at radius 1 is 0.672 bits per heavy atom. The van der Waals surface area contributed by atoms with Crippen molar-refractivity contribution in [2.75, 3.05) is 45.8 Å². The van der Waals surface area contributed by atoms with Gasteiger partial charge in [-0.25, -0.2) is 28.8 Å². The summed E-state index contributed by atoms with van der Waals surface area (Å²) in [5.41, 5.74) is 4.13. The van der Waals surface area contributed by atoms with E-state index in [1.165, 1.54) is 53.9 Å². The Hall–Kier alpha value is -5.32. The van der Waals surface area contributed by atoms with E-state index in [1.807, 2.05) is 35.3 Å². The molecule has 0 saturated carbocycles. The minimum Gasteiger partial charge on any atom is -0.409 e. The maximum Gasteiger partial charge on any atom is 0.415 e. The van der Waals surface area contributed by atoms with E-state index in [2.05, 4.69) is 20.5 Å². The van der Waals surface area contributed by atoms with Crippen molar-refractivity contribution in [1.29, 1.82) is 0 Å². The van der Waals surface area contributed by atoms with E-state index in [0.717, 1.165) is 74.1 Å². The molecule has 0 spiro atoms. The van der Waals surface area contributed by atoms with Gasteiger partial charge in [-0.3, -0.25) is 17.7 Å². The van der Waals surface area contributed by atoms with Crippen molar-refractivity contribution in [3.8, 4) is 11.5 Å². The van der Waals surface area contributed by atoms with Crippen LogP contribution in [0.15, 0.2) is 91.6 Å². The van der Waals surface area contributed by atoms with E-state index in [9.17, 15) is 31.0 Å². The van der Waals surface area contributed by atoms with Crippen LogP contribution in [0.5, 0.6) is 11.5 Å². The van der Waals surface area contributed by atoms with Crippen molar-refractivity contribution in [3.05, 3.63) is 103 Å². The van der Waals surface area contributed by atoms with Gasteiger partial charge in [0.15, 0.2) is 31.5 Å². The molecule has 6 heterocycles. The van der Waals surface area contributed by atoms with Gasteiger partial charge in [0, 0.05) is 78.9 Å². The summed E-state index contributed by atoms with van der Waals surface area (Å²) in [5, 5.41) is 8.96. The molecule has 0 aromatic heterocycles. The number of carbonyl (C=O) groups excluding carboxylic acids is 4. The van der Waals surface area contributed by atoms with Gasteiger partial charge in [0.2, 0.25) is 0 Å². The summed E-state index contributed by atoms with van der Waals surface area (Å²) in [6.07, 6.45) is 11.7. The van der Waals surface area contributed by atoms with Gasteiger partial charge in [-0.2, -0.15) is 15.1 Å². The van der Waals surface area contributed by atoms with Crippen LogP contribution >= 0.6 is 44.7 Å². The average Bonchev–Trinajstić information content (AvgIpc) is 4.17. The summed E-state index contributed by atoms with van der Waals surface area (Å²) in [6, 6.07) is 17.3. The third kappa shape index (κ3) is 12.9. The molecule has 6 aliphatic rings. The maximum atomic E-state index is 13.7. The number of carbonyl (C=O) groups is 4. The average molecular weight is 1030 g/mol. The first-order chi connectivity index (χ1) is 31.1. The van der Waals surface area contributed by atoms with Crippen LogP contribution in [-0.4, -0.2) is 106 Å². The van der Waals surface area contributed by atoms with Gasteiger partial charge >= 0.3 is 12.2 Å². The lowest BCUT2D eigenvalue weighted by molar-refractivity contribution is -0.114. The molecule has 0 aliphatic carbocycles. The molecule has 3 aromatic rings. The van der Waals surface area contributed by atoms with E-state index in [4.69, 9.17) is 9.47 Å². The molecule has 1 N–H and O–H groups in total. The summed E-state index contributed by atoms with van der Waals surface area (Å²) >= 11 is 1.52. The second-order valence-electron chi connectivity index (χ2n) is 14.8. The molecule has 4 amide bonds. The standard InChI is InChI=1S/C19H21FN4O3S.C19H19FN4O3S.C6H5IO/c2*20-14-6-5-13(15(12-14)27-19(26)23-8-3-4-9-23)11-16-17(25)22-18(28-16)24-10-2-1-7-21-24;8-7-6-4-2-1-3-5-6/h5-6,11-12,21H,1-4,7-10H2;5-7,11-12H,1-4,8-10H2;1-5H/b2*16-11+;. The fraction of sp³-hybridized carbons (Fsp3) is 0.341. The van der Waals surface area contributed by atoms with E-state index in [0.29, 0.717) is 64.0 Å². The SMILES string of the molecule is O=C1N=C(N2CCCC=N2)S/C1=C/c1ccc(F)cc1OC(=O)N1CCCC1.O=C1N=C(N2CCCCN2)S/C1=C/c1ccc(F)cc1OC(=O)N1CCCC1.O=Ic1ccccc1. The Morgan fingerprint density at radius 3 is 1.69 bits per heavy atom. The lowest BCUT2D eigenvalue weighted by Gasteiger charge is -2.28. The van der Waals surface area contributed by atoms with Crippen LogP contribution in [0.2, 0.25) is 0 Å². The van der Waals surface area contributed by atoms with Crippen LogP contribution in [0.25, 0.3) is 12.2 Å². The highest BCUT2D eigenvalue weighted by atomic mass is 127. The second kappa shape index (κ2) is 23.0. The van der Waals surface area contributed by atoms with Crippen LogP contribution in [0, 0.1) is 15.2 Å². The number of aliphatic imine (C=N–C) groups is 2. The normalized spacial score (nSPS) is 19.6. The summed E-state index contributed by atoms with van der Waals surface area (Å²) in [4.78, 5) is 61.3. The molecule has 0 bridgehead atoms. The fourth-order valence-corrected chi connectivity index (χ4v) is 9.37. The molecular formula is C44H45F2IN8O7S2. The highest BCUT2D eigenvalue weighted by Crippen LogP contribution is 2.35. The van der Waals surface area contributed by atoms with Crippen LogP contribution in [0.1, 0.15) is 62.5 Å². The smallest absolute Gasteiger partial charge is 0.409 e. The molecule has 20 heteroatoms. The molecule has 0 radical (unpaired) electrons. The van der Waals surface area contributed by atoms with Crippen molar-refractivity contribution in [1.82, 2.24) is 25.2 Å². The van der Waals surface area contributed by atoms with E-state index < -0.39 is 45.0 Å². The monoisotopic (exact) mass is 1030 g/mol. The number of thioether (sulfide) groups is 2. The molecule has 3 fully saturated rings. The predicted molar refractivity (Wildman–Crippen MR) is 251 cm³/mol. The van der Waals surface area contributed by atoms with Gasteiger partial charge in [0.1, 0.15) is 23.1 Å². The number of amides is 4. The van der Waals surface area contributed by atoms with E-state index in [-0.39, 0.29) is 23.3 Å². The number of ether oxygens (including phenoxy) is 2. The quantitative estimate of drug-likeness (QED) is 0.191. The molecule has 3 aromatic carbocycles. The number of hydrogen-bond acceptors (Lipinski definition) is 13. The summed E-state index contributed by atoms with van der Waals surface area (Å²) in [6.45, 7) is 4.89. The number of nitrogens with one attached hydrogen (secondary N) is 1. The molecule has 15 nitrogen and oxygen atoms in total. The van der Waals surface area contributed by atoms with Crippen molar-refractivity contribution < 1.29 is 40.5 Å². The Kier molecular flexibility index (Phi) is 16.8. The lowest BCUT2D eigenvalue weighted by Crippen LogP contribution is -2.45. The third-order valence-electron chi connectivity index (χ3n) is 10.2. The molecule has 0 unspecified atom stereocenters. The number of rotatable bonds is 5. The summed E-state index contributed by atoms with van der Waals surface area (Å²) in [5.74, 6) is -1.58. The molecular weight excluding hydrogens is 982 g/mol. The number of amidine groups is 2. The first-order valence-electron chi connectivity index (χ1n) is 20.8. The Bertz CT molecular complexity index is 2390. The Labute approximate surface area is 387 Å². The Morgan fingerprint density at radius 2 is 1.20 bits per heavy atom. The topological polar surface area (TPSA) is 166 Å². The van der Waals surface area contributed by atoms with Crippen LogP contribution < -0.4 is 14.9 Å². The molecule has 9 rings (SSSR count). The van der Waals surface area contributed by atoms with Crippen molar-refractivity contribution in [2.45, 2.75) is 51.4 Å². The number of hydrazine groups is 1. The molecule has 6 aliphatic heterocycles. The van der Waals surface area contributed by atoms with Crippen LogP contribution in [-0.2, 0) is 12.7 Å². The largest absolute Gasteiger partial charge is 0.415 e. The highest BCUT2D eigenvalue weighted by Gasteiger charge is 2.30. The summed E-state index contributed by atoms with van der Waals surface area (Å²) in [7, 11) is 0. The van der Waals surface area contributed by atoms with Gasteiger partial charge < -0.3 is 19.3 Å². The number of hydrazone groups is 1. The minimum absolute atomic E-state index is 0.0854. The highest BCUT2D eigenvalue weighted by molar-refractivity contribution is 14.1. The van der Waals surface area contributed by atoms with Gasteiger partial charge in [-0.15, -0.1) is 0 Å². The van der Waals surface area contributed by atoms with Crippen molar-refractivity contribution in [3.63, 3.8) is 0 Å². The zero-order valence-corrected chi connectivity index (χ0v) is 38.4. The van der Waals surface area contributed by atoms with Gasteiger partial charge in [0.05, 0.1) is 9.81 Å². The van der Waals surface area contributed by atoms with Crippen molar-refractivity contribution >= 4 is 97.4 Å². The first-order valence-corrected chi connectivity index (χ1v) is 24.4. The van der Waals surface area contributed by atoms with Crippen LogP contribution in [0.3, 0.4) is 0 Å².